The molecule has 128 valence electrons. The van der Waals surface area contributed by atoms with E-state index in [-0.39, 0.29) is 6.42 Å². The minimum absolute atomic E-state index is 0.275. The Morgan fingerprint density at radius 1 is 0.917 bits per heavy atom. The van der Waals surface area contributed by atoms with Crippen molar-refractivity contribution in [1.29, 1.82) is 0 Å². The Labute approximate surface area is 146 Å². The van der Waals surface area contributed by atoms with Crippen LogP contribution in [0.5, 0.6) is 0 Å². The van der Waals surface area contributed by atoms with Gasteiger partial charge in [0.2, 0.25) is 0 Å². The molecule has 0 bridgehead atoms. The van der Waals surface area contributed by atoms with E-state index in [0.29, 0.717) is 0 Å². The molecule has 0 aliphatic rings. The lowest BCUT2D eigenvalue weighted by Gasteiger charge is -2.18. The van der Waals surface area contributed by atoms with E-state index in [1.165, 1.54) is 10.6 Å². The Morgan fingerprint density at radius 3 is 1.96 bits per heavy atom. The van der Waals surface area contributed by atoms with E-state index in [2.05, 4.69) is 72.6 Å². The molecule has 0 saturated carbocycles. The van der Waals surface area contributed by atoms with Crippen LogP contribution in [0, 0.1) is 0 Å². The number of hydrogen-bond donors (Lipinski definition) is 1. The molecule has 0 aromatic heterocycles. The van der Waals surface area contributed by atoms with Gasteiger partial charge in [-0.3, -0.25) is 4.79 Å². The zero-order valence-electron chi connectivity index (χ0n) is 14.3. The molecule has 0 saturated heterocycles. The second-order valence-corrected chi connectivity index (χ2v) is 8.73. The molecule has 3 nitrogen and oxygen atoms in total. The number of benzene rings is 2. The highest BCUT2D eigenvalue weighted by Crippen LogP contribution is 2.33. The molecule has 4 heteroatoms. The average molecular weight is 344 g/mol. The predicted octanol–water partition coefficient (Wildman–Crippen LogP) is 3.04. The van der Waals surface area contributed by atoms with Crippen LogP contribution in [0.3, 0.4) is 0 Å². The molecule has 0 atom stereocenters. The third-order valence-electron chi connectivity index (χ3n) is 4.17. The van der Waals surface area contributed by atoms with Crippen molar-refractivity contribution in [2.75, 3.05) is 26.3 Å². The van der Waals surface area contributed by atoms with Gasteiger partial charge in [0, 0.05) is 13.0 Å². The standard InChI is InChI=1S/C20H26NO2P/c1-21(15-9-8-14-20(22)23)16-17-24(18-10-4-2-5-11-18)19-12-6-3-7-13-19/h2-7,10-13H,8-9,14-17H2,1H3,(H,22,23)/p+1. The average Bonchev–Trinajstić information content (AvgIpc) is 2.61. The number of aliphatic carboxylic acids is 1. The normalized spacial score (nSPS) is 11.1. The summed E-state index contributed by atoms with van der Waals surface area (Å²) in [5, 5.41) is 11.6. The number of unbranched alkanes of at least 4 members (excludes halogenated alkanes) is 1. The topological polar surface area (TPSA) is 40.5 Å². The highest BCUT2D eigenvalue weighted by molar-refractivity contribution is 7.73. The van der Waals surface area contributed by atoms with Gasteiger partial charge in [-0.15, -0.1) is 0 Å². The van der Waals surface area contributed by atoms with Crippen molar-refractivity contribution >= 4 is 24.5 Å². The Kier molecular flexibility index (Phi) is 7.94. The van der Waals surface area contributed by atoms with E-state index >= 15 is 0 Å². The number of rotatable bonds is 10. The fourth-order valence-corrected chi connectivity index (χ4v) is 5.51. The Bertz CT molecular complexity index is 564. The molecule has 0 radical (unpaired) electrons. The Hall–Kier alpha value is -1.70. The summed E-state index contributed by atoms with van der Waals surface area (Å²) in [6, 6.07) is 21.6. The van der Waals surface area contributed by atoms with Crippen LogP contribution in [0.2, 0.25) is 0 Å². The highest BCUT2D eigenvalue weighted by Gasteiger charge is 2.22. The molecule has 0 unspecified atom stereocenters. The number of carboxylic acid groups (broad SMARTS) is 1. The van der Waals surface area contributed by atoms with Gasteiger partial charge in [0.05, 0.1) is 24.7 Å². The first-order valence-corrected chi connectivity index (χ1v) is 10.2. The van der Waals surface area contributed by atoms with Crippen molar-refractivity contribution in [2.24, 2.45) is 0 Å². The van der Waals surface area contributed by atoms with E-state index in [9.17, 15) is 4.79 Å². The monoisotopic (exact) mass is 344 g/mol. The second kappa shape index (κ2) is 10.2. The van der Waals surface area contributed by atoms with Crippen LogP contribution in [-0.4, -0.2) is 42.3 Å². The number of nitrogens with zero attached hydrogens (tertiary/aromatic N) is 1. The minimum Gasteiger partial charge on any atom is -0.481 e. The van der Waals surface area contributed by atoms with Crippen LogP contribution in [0.1, 0.15) is 19.3 Å². The smallest absolute Gasteiger partial charge is 0.303 e. The summed E-state index contributed by atoms with van der Waals surface area (Å²) < 4.78 is 0. The highest BCUT2D eigenvalue weighted by atomic mass is 31.1. The zero-order valence-corrected chi connectivity index (χ0v) is 15.3. The van der Waals surface area contributed by atoms with E-state index in [1.807, 2.05) is 0 Å². The lowest BCUT2D eigenvalue weighted by atomic mass is 10.2. The van der Waals surface area contributed by atoms with Gasteiger partial charge in [0.1, 0.15) is 0 Å². The molecule has 0 heterocycles. The largest absolute Gasteiger partial charge is 0.481 e. The van der Waals surface area contributed by atoms with Crippen molar-refractivity contribution in [1.82, 2.24) is 4.90 Å². The third-order valence-corrected chi connectivity index (χ3v) is 6.95. The van der Waals surface area contributed by atoms with Crippen molar-refractivity contribution in [3.8, 4) is 0 Å². The number of carbonyl (C=O) groups is 1. The first-order chi connectivity index (χ1) is 11.7. The predicted molar refractivity (Wildman–Crippen MR) is 104 cm³/mol. The molecule has 0 amide bonds. The molecule has 0 spiro atoms. The van der Waals surface area contributed by atoms with Gasteiger partial charge in [-0.25, -0.2) is 0 Å². The summed E-state index contributed by atoms with van der Waals surface area (Å²) in [5.74, 6) is -0.698. The first-order valence-electron chi connectivity index (χ1n) is 8.54. The fourth-order valence-electron chi connectivity index (χ4n) is 2.81. The zero-order chi connectivity index (χ0) is 17.2. The van der Waals surface area contributed by atoms with Crippen LogP contribution < -0.4 is 10.6 Å². The SMILES string of the molecule is CN(CCCCC(=O)O)CC[PH+](c1ccccc1)c1ccccc1. The lowest BCUT2D eigenvalue weighted by Crippen LogP contribution is -2.26. The number of hydrogen-bond acceptors (Lipinski definition) is 2. The summed E-state index contributed by atoms with van der Waals surface area (Å²) in [6.45, 7) is 2.01. The summed E-state index contributed by atoms with van der Waals surface area (Å²) in [7, 11) is 1.36. The van der Waals surface area contributed by atoms with Crippen LogP contribution in [0.15, 0.2) is 60.7 Å². The van der Waals surface area contributed by atoms with Gasteiger partial charge in [-0.1, -0.05) is 36.4 Å². The molecule has 24 heavy (non-hydrogen) atoms. The van der Waals surface area contributed by atoms with Crippen LogP contribution >= 0.6 is 7.92 Å². The Morgan fingerprint density at radius 2 is 1.46 bits per heavy atom. The molecule has 0 aliphatic carbocycles. The van der Waals surface area contributed by atoms with Crippen molar-refractivity contribution in [3.63, 3.8) is 0 Å². The fraction of sp³-hybridized carbons (Fsp3) is 0.350. The molecular formula is C20H27NO2P+. The molecule has 2 rings (SSSR count). The van der Waals surface area contributed by atoms with Crippen LogP contribution in [0.25, 0.3) is 0 Å². The maximum absolute atomic E-state index is 10.6. The molecular weight excluding hydrogens is 317 g/mol. The van der Waals surface area contributed by atoms with Crippen molar-refractivity contribution in [2.45, 2.75) is 19.3 Å². The summed E-state index contributed by atoms with van der Waals surface area (Å²) in [5.41, 5.74) is 0. The van der Waals surface area contributed by atoms with Gasteiger partial charge >= 0.3 is 5.97 Å². The lowest BCUT2D eigenvalue weighted by molar-refractivity contribution is -0.137. The summed E-state index contributed by atoms with van der Waals surface area (Å²) in [6.07, 6.45) is 3.14. The van der Waals surface area contributed by atoms with Crippen molar-refractivity contribution < 1.29 is 9.90 Å². The Balaban J connectivity index is 1.91. The molecule has 0 aliphatic heterocycles. The third kappa shape index (κ3) is 6.43. The van der Waals surface area contributed by atoms with Gasteiger partial charge in [0.15, 0.2) is 0 Å². The molecule has 1 N–H and O–H groups in total. The quantitative estimate of drug-likeness (QED) is 0.532. The summed E-state index contributed by atoms with van der Waals surface area (Å²) >= 11 is 0. The van der Waals surface area contributed by atoms with E-state index in [4.69, 9.17) is 5.11 Å². The van der Waals surface area contributed by atoms with Crippen LogP contribution in [-0.2, 0) is 4.79 Å². The van der Waals surface area contributed by atoms with Gasteiger partial charge in [0.25, 0.3) is 0 Å². The van der Waals surface area contributed by atoms with Gasteiger partial charge < -0.3 is 10.0 Å². The van der Waals surface area contributed by atoms with Gasteiger partial charge in [-0.2, -0.15) is 0 Å². The molecule has 2 aromatic carbocycles. The van der Waals surface area contributed by atoms with Crippen LogP contribution in [0.4, 0.5) is 0 Å². The second-order valence-electron chi connectivity index (χ2n) is 6.11. The molecule has 0 fully saturated rings. The van der Waals surface area contributed by atoms with E-state index in [0.717, 1.165) is 32.1 Å². The minimum atomic E-state index is -0.774. The first kappa shape index (κ1) is 18.6. The summed E-state index contributed by atoms with van der Waals surface area (Å²) in [4.78, 5) is 12.9. The van der Waals surface area contributed by atoms with Gasteiger partial charge in [-0.05, 0) is 50.7 Å². The van der Waals surface area contributed by atoms with E-state index in [1.54, 1.807) is 0 Å². The maximum Gasteiger partial charge on any atom is 0.303 e. The van der Waals surface area contributed by atoms with Crippen molar-refractivity contribution in [3.05, 3.63) is 60.7 Å². The van der Waals surface area contributed by atoms with E-state index < -0.39 is 13.9 Å². The molecule has 2 aromatic rings. The number of carboxylic acids is 1. The maximum atomic E-state index is 10.6.